The van der Waals surface area contributed by atoms with Gasteiger partial charge in [-0.15, -0.1) is 34.9 Å². The van der Waals surface area contributed by atoms with Crippen LogP contribution in [0, 0.1) is 30.7 Å². The van der Waals surface area contributed by atoms with Gasteiger partial charge in [0.25, 0.3) is 0 Å². The monoisotopic (exact) mass is 665 g/mol. The number of aliphatic hydroxyl groups excluding tert-OH is 1. The summed E-state index contributed by atoms with van der Waals surface area (Å²) >= 11 is 0. The predicted octanol–water partition coefficient (Wildman–Crippen LogP) is 8.92. The first-order chi connectivity index (χ1) is 16.1. The third-order valence-electron chi connectivity index (χ3n) is 6.15. The first kappa shape index (κ1) is 31.7. The summed E-state index contributed by atoms with van der Waals surface area (Å²) in [4.78, 5) is 16.1. The number of fused-ring (bicyclic) bond motifs is 1. The van der Waals surface area contributed by atoms with Crippen molar-refractivity contribution in [1.82, 2.24) is 4.98 Å². The average Bonchev–Trinajstić information content (AvgIpc) is 2.76. The topological polar surface area (TPSA) is 50.2 Å². The van der Waals surface area contributed by atoms with E-state index in [0.717, 1.165) is 23.2 Å². The molecule has 197 valence electrons. The Balaban J connectivity index is 0.000000402. The Labute approximate surface area is 231 Å². The molecule has 0 fully saturated rings. The first-order valence-electron chi connectivity index (χ1n) is 12.5. The minimum atomic E-state index is -0.417. The van der Waals surface area contributed by atoms with Crippen molar-refractivity contribution in [3.63, 3.8) is 0 Å². The molecular weight excluding hydrogens is 623 g/mol. The summed E-state index contributed by atoms with van der Waals surface area (Å²) in [7, 11) is 0. The second-order valence-electron chi connectivity index (χ2n) is 11.6. The number of allylic oxidation sites excluding steroid dienone is 2. The third kappa shape index (κ3) is 8.68. The van der Waals surface area contributed by atoms with Gasteiger partial charge >= 0.3 is 0 Å². The first-order valence-corrected chi connectivity index (χ1v) is 12.5. The van der Waals surface area contributed by atoms with Gasteiger partial charge in [0.1, 0.15) is 5.76 Å². The number of aliphatic hydroxyl groups is 1. The normalized spacial score (nSPS) is 12.9. The predicted molar refractivity (Wildman–Crippen MR) is 149 cm³/mol. The number of hydrogen-bond donors (Lipinski definition) is 1. The van der Waals surface area contributed by atoms with Gasteiger partial charge in [0.2, 0.25) is 0 Å². The molecule has 0 saturated carbocycles. The summed E-state index contributed by atoms with van der Waals surface area (Å²) in [6, 6.07) is 16.6. The number of rotatable bonds is 4. The van der Waals surface area contributed by atoms with Gasteiger partial charge in [-0.1, -0.05) is 87.4 Å². The number of aryl methyl sites for hydroxylation is 2. The van der Waals surface area contributed by atoms with Crippen molar-refractivity contribution in [2.45, 2.75) is 81.6 Å². The van der Waals surface area contributed by atoms with Crippen LogP contribution < -0.4 is 0 Å². The largest absolute Gasteiger partial charge is 0.512 e. The second kappa shape index (κ2) is 12.8. The minimum Gasteiger partial charge on any atom is -0.512 e. The van der Waals surface area contributed by atoms with E-state index in [1.54, 1.807) is 0 Å². The molecule has 1 aromatic heterocycles. The number of carbonyl (C=O) groups is 1. The van der Waals surface area contributed by atoms with Gasteiger partial charge in [-0.25, -0.2) is 0 Å². The van der Waals surface area contributed by atoms with Crippen molar-refractivity contribution in [3.8, 4) is 11.3 Å². The van der Waals surface area contributed by atoms with Gasteiger partial charge in [0.05, 0.1) is 0 Å². The molecule has 0 bridgehead atoms. The molecule has 4 heteroatoms. The molecule has 3 rings (SSSR count). The molecule has 3 nitrogen and oxygen atoms in total. The Kier molecular flexibility index (Phi) is 11.3. The Hall–Kier alpha value is -2.29. The van der Waals surface area contributed by atoms with E-state index in [1.807, 2.05) is 47.7 Å². The Morgan fingerprint density at radius 3 is 2.19 bits per heavy atom. The zero-order chi connectivity index (χ0) is 26.6. The van der Waals surface area contributed by atoms with Crippen LogP contribution in [0.3, 0.4) is 0 Å². The molecule has 3 aromatic rings. The SMILES string of the molecule is CC(C)(C)C(=O)/C=C(\O)C(C)(C)C.CCC(C)c1ccc2c(-c3[c-]c(C)cc(C)c3)nccc2c1.[Ir]. The smallest absolute Gasteiger partial charge is 0.164 e. The summed E-state index contributed by atoms with van der Waals surface area (Å²) in [5.41, 5.74) is 5.16. The van der Waals surface area contributed by atoms with Gasteiger partial charge in [-0.05, 0) is 40.4 Å². The quantitative estimate of drug-likeness (QED) is 0.172. The van der Waals surface area contributed by atoms with Gasteiger partial charge in [-0.2, -0.15) is 0 Å². The molecule has 0 aliphatic carbocycles. The van der Waals surface area contributed by atoms with E-state index in [2.05, 4.69) is 75.1 Å². The molecule has 1 radical (unpaired) electrons. The van der Waals surface area contributed by atoms with Crippen molar-refractivity contribution in [2.75, 3.05) is 0 Å². The maximum atomic E-state index is 11.5. The van der Waals surface area contributed by atoms with Crippen LogP contribution in [0.4, 0.5) is 0 Å². The van der Waals surface area contributed by atoms with Crippen molar-refractivity contribution in [3.05, 3.63) is 77.2 Å². The second-order valence-corrected chi connectivity index (χ2v) is 11.6. The molecule has 36 heavy (non-hydrogen) atoms. The standard InChI is InChI=1S/C21H22N.C11H20O2.Ir/c1-5-16(4)17-6-7-20-18(13-17)8-9-22-21(20)19-11-14(2)10-15(3)12-19;1-10(2,3)8(12)7-9(13)11(4,5)6;/h6-11,13,16H,5H2,1-4H3;7,12H,1-6H3;/q-1;;/b;8-7-;. The minimum absolute atomic E-state index is 0. The van der Waals surface area contributed by atoms with E-state index in [1.165, 1.54) is 28.0 Å². The fourth-order valence-electron chi connectivity index (χ4n) is 3.53. The summed E-state index contributed by atoms with van der Waals surface area (Å²) in [6.07, 6.45) is 4.40. The summed E-state index contributed by atoms with van der Waals surface area (Å²) < 4.78 is 0. The third-order valence-corrected chi connectivity index (χ3v) is 6.15. The summed E-state index contributed by atoms with van der Waals surface area (Å²) in [5.74, 6) is 0.696. The fourth-order valence-corrected chi connectivity index (χ4v) is 3.53. The summed E-state index contributed by atoms with van der Waals surface area (Å²) in [5, 5.41) is 12.0. The molecule has 0 aliphatic rings. The van der Waals surface area contributed by atoms with Gasteiger partial charge in [-0.3, -0.25) is 4.79 Å². The van der Waals surface area contributed by atoms with E-state index in [-0.39, 0.29) is 37.1 Å². The molecule has 1 unspecified atom stereocenters. The van der Waals surface area contributed by atoms with Crippen LogP contribution in [-0.4, -0.2) is 15.9 Å². The van der Waals surface area contributed by atoms with E-state index < -0.39 is 5.41 Å². The molecule has 0 aliphatic heterocycles. The molecule has 0 amide bonds. The Morgan fingerprint density at radius 2 is 1.67 bits per heavy atom. The number of pyridine rings is 1. The number of carbonyl (C=O) groups excluding carboxylic acids is 1. The van der Waals surface area contributed by atoms with Gasteiger partial charge in [0, 0.05) is 43.2 Å². The van der Waals surface area contributed by atoms with E-state index in [4.69, 9.17) is 0 Å². The molecule has 0 spiro atoms. The molecule has 1 N–H and O–H groups in total. The molecule has 1 heterocycles. The zero-order valence-electron chi connectivity index (χ0n) is 23.5. The number of benzene rings is 2. The molecule has 2 aromatic carbocycles. The van der Waals surface area contributed by atoms with Crippen LogP contribution >= 0.6 is 0 Å². The molecule has 1 atom stereocenters. The van der Waals surface area contributed by atoms with Crippen molar-refractivity contribution in [1.29, 1.82) is 0 Å². The maximum absolute atomic E-state index is 11.5. The number of nitrogens with zero attached hydrogens (tertiary/aromatic N) is 1. The van der Waals surface area contributed by atoms with E-state index in [0.29, 0.717) is 5.92 Å². The Bertz CT molecular complexity index is 1190. The van der Waals surface area contributed by atoms with Crippen LogP contribution in [0.5, 0.6) is 0 Å². The van der Waals surface area contributed by atoms with Crippen LogP contribution in [0.15, 0.2) is 54.4 Å². The zero-order valence-corrected chi connectivity index (χ0v) is 25.9. The van der Waals surface area contributed by atoms with E-state index >= 15 is 0 Å². The molecular formula is C32H42IrNO2-. The summed E-state index contributed by atoms with van der Waals surface area (Å²) in [6.45, 7) is 19.8. The number of hydrogen-bond acceptors (Lipinski definition) is 3. The molecule has 0 saturated heterocycles. The van der Waals surface area contributed by atoms with Gasteiger partial charge in [0.15, 0.2) is 5.78 Å². The van der Waals surface area contributed by atoms with Crippen molar-refractivity contribution >= 4 is 16.6 Å². The van der Waals surface area contributed by atoms with Crippen LogP contribution in [0.1, 0.15) is 84.4 Å². The van der Waals surface area contributed by atoms with E-state index in [9.17, 15) is 9.90 Å². The number of aromatic nitrogens is 1. The average molecular weight is 665 g/mol. The Morgan fingerprint density at radius 1 is 1.03 bits per heavy atom. The van der Waals surface area contributed by atoms with Crippen molar-refractivity contribution < 1.29 is 30.0 Å². The van der Waals surface area contributed by atoms with Crippen LogP contribution in [-0.2, 0) is 24.9 Å². The van der Waals surface area contributed by atoms with Crippen molar-refractivity contribution in [2.24, 2.45) is 10.8 Å². The number of ketones is 1. The van der Waals surface area contributed by atoms with Crippen LogP contribution in [0.2, 0.25) is 0 Å². The van der Waals surface area contributed by atoms with Gasteiger partial charge < -0.3 is 10.1 Å². The van der Waals surface area contributed by atoms with Crippen LogP contribution in [0.25, 0.3) is 22.0 Å². The maximum Gasteiger partial charge on any atom is 0.164 e. The fraction of sp³-hybridized carbons (Fsp3) is 0.438.